The highest BCUT2D eigenvalue weighted by Gasteiger charge is 2.20. The molecule has 0 bridgehead atoms. The van der Waals surface area contributed by atoms with Crippen LogP contribution in [0.25, 0.3) is 0 Å². The summed E-state index contributed by atoms with van der Waals surface area (Å²) in [6, 6.07) is 4.75. The maximum atomic E-state index is 12.2. The summed E-state index contributed by atoms with van der Waals surface area (Å²) in [7, 11) is 0. The molecule has 1 aliphatic heterocycles. The van der Waals surface area contributed by atoms with Crippen LogP contribution in [0.3, 0.4) is 0 Å². The summed E-state index contributed by atoms with van der Waals surface area (Å²) >= 11 is 5.84. The fraction of sp³-hybridized carbons (Fsp3) is 0.455. The molecule has 1 saturated heterocycles. The second kappa shape index (κ2) is 4.97. The van der Waals surface area contributed by atoms with Gasteiger partial charge in [-0.25, -0.2) is 0 Å². The Morgan fingerprint density at radius 3 is 2.75 bits per heavy atom. The first-order valence-electron chi connectivity index (χ1n) is 5.09. The van der Waals surface area contributed by atoms with Crippen LogP contribution in [0.4, 0.5) is 8.78 Å². The molecule has 0 aromatic heterocycles. The number of ether oxygens (including phenoxy) is 1. The monoisotopic (exact) mass is 247 g/mol. The van der Waals surface area contributed by atoms with E-state index in [0.717, 1.165) is 25.1 Å². The third kappa shape index (κ3) is 2.83. The fourth-order valence-electron chi connectivity index (χ4n) is 1.72. The van der Waals surface area contributed by atoms with Crippen molar-refractivity contribution >= 4 is 11.6 Å². The molecule has 1 heterocycles. The summed E-state index contributed by atoms with van der Waals surface area (Å²) in [5.74, 6) is 0.713. The molecule has 1 aromatic rings. The summed E-state index contributed by atoms with van der Waals surface area (Å²) in [6.45, 7) is -0.958. The van der Waals surface area contributed by atoms with Gasteiger partial charge in [0.15, 0.2) is 0 Å². The van der Waals surface area contributed by atoms with E-state index in [-0.39, 0.29) is 5.75 Å². The predicted octanol–water partition coefficient (Wildman–Crippen LogP) is 2.70. The Kier molecular flexibility index (Phi) is 3.61. The van der Waals surface area contributed by atoms with Gasteiger partial charge >= 0.3 is 6.61 Å². The van der Waals surface area contributed by atoms with Gasteiger partial charge in [0.1, 0.15) is 5.75 Å². The Morgan fingerprint density at radius 2 is 2.19 bits per heavy atom. The van der Waals surface area contributed by atoms with Gasteiger partial charge < -0.3 is 10.1 Å². The minimum atomic E-state index is -2.79. The van der Waals surface area contributed by atoms with E-state index >= 15 is 0 Å². The zero-order valence-electron chi connectivity index (χ0n) is 8.55. The molecule has 0 radical (unpaired) electrons. The predicted molar refractivity (Wildman–Crippen MR) is 58.1 cm³/mol. The van der Waals surface area contributed by atoms with Gasteiger partial charge in [-0.1, -0.05) is 11.6 Å². The highest BCUT2D eigenvalue weighted by molar-refractivity contribution is 6.30. The standard InChI is InChI=1S/C11H12ClF2NO/c12-9-1-2-10(16-11(13)14)8(4-9)3-7-5-15-6-7/h1-2,4,7,11,15H,3,5-6H2. The molecule has 0 atom stereocenters. The first-order chi connectivity index (χ1) is 7.65. The van der Waals surface area contributed by atoms with Crippen molar-refractivity contribution in [3.63, 3.8) is 0 Å². The second-order valence-electron chi connectivity index (χ2n) is 3.86. The number of halogens is 3. The van der Waals surface area contributed by atoms with Gasteiger partial charge in [0.2, 0.25) is 0 Å². The smallest absolute Gasteiger partial charge is 0.387 e. The van der Waals surface area contributed by atoms with Crippen LogP contribution in [0.2, 0.25) is 5.02 Å². The maximum Gasteiger partial charge on any atom is 0.387 e. The highest BCUT2D eigenvalue weighted by atomic mass is 35.5. The molecule has 2 nitrogen and oxygen atoms in total. The van der Waals surface area contributed by atoms with Gasteiger partial charge in [-0.05, 0) is 49.2 Å². The first-order valence-corrected chi connectivity index (χ1v) is 5.47. The lowest BCUT2D eigenvalue weighted by atomic mass is 9.94. The Balaban J connectivity index is 2.14. The highest BCUT2D eigenvalue weighted by Crippen LogP contribution is 2.27. The van der Waals surface area contributed by atoms with Crippen LogP contribution in [0, 0.1) is 5.92 Å². The molecule has 88 valence electrons. The van der Waals surface area contributed by atoms with Gasteiger partial charge in [-0.3, -0.25) is 0 Å². The van der Waals surface area contributed by atoms with Crippen LogP contribution in [-0.2, 0) is 6.42 Å². The van der Waals surface area contributed by atoms with E-state index in [1.54, 1.807) is 12.1 Å². The Morgan fingerprint density at radius 1 is 1.44 bits per heavy atom. The van der Waals surface area contributed by atoms with Gasteiger partial charge in [0.05, 0.1) is 0 Å². The minimum absolute atomic E-state index is 0.228. The number of nitrogens with one attached hydrogen (secondary N) is 1. The third-order valence-corrected chi connectivity index (χ3v) is 2.85. The average Bonchev–Trinajstić information content (AvgIpc) is 2.15. The summed E-state index contributed by atoms with van der Waals surface area (Å²) in [5, 5.41) is 3.68. The second-order valence-corrected chi connectivity index (χ2v) is 4.30. The molecule has 0 amide bonds. The van der Waals surface area contributed by atoms with E-state index < -0.39 is 6.61 Å². The van der Waals surface area contributed by atoms with Gasteiger partial charge in [-0.2, -0.15) is 8.78 Å². The number of alkyl halides is 2. The SMILES string of the molecule is FC(F)Oc1ccc(Cl)cc1CC1CNC1. The largest absolute Gasteiger partial charge is 0.435 e. The van der Waals surface area contributed by atoms with E-state index in [0.29, 0.717) is 10.9 Å². The first kappa shape index (κ1) is 11.6. The number of rotatable bonds is 4. The van der Waals surface area contributed by atoms with Crippen LogP contribution < -0.4 is 10.1 Å². The lowest BCUT2D eigenvalue weighted by Crippen LogP contribution is -2.43. The van der Waals surface area contributed by atoms with Gasteiger partial charge in [0, 0.05) is 5.02 Å². The number of hydrogen-bond acceptors (Lipinski definition) is 2. The third-order valence-electron chi connectivity index (χ3n) is 2.61. The van der Waals surface area contributed by atoms with Crippen LogP contribution in [0.5, 0.6) is 5.75 Å². The van der Waals surface area contributed by atoms with Crippen molar-refractivity contribution in [3.05, 3.63) is 28.8 Å². The molecule has 0 spiro atoms. The van der Waals surface area contributed by atoms with E-state index in [4.69, 9.17) is 11.6 Å². The molecule has 1 aromatic carbocycles. The van der Waals surface area contributed by atoms with E-state index in [1.807, 2.05) is 0 Å². The molecular weight excluding hydrogens is 236 g/mol. The Hall–Kier alpha value is -0.870. The quantitative estimate of drug-likeness (QED) is 0.883. The molecule has 5 heteroatoms. The molecule has 0 saturated carbocycles. The van der Waals surface area contributed by atoms with Crippen molar-refractivity contribution in [2.24, 2.45) is 5.92 Å². The van der Waals surface area contributed by atoms with Crippen LogP contribution in [-0.4, -0.2) is 19.7 Å². The zero-order chi connectivity index (χ0) is 11.5. The maximum absolute atomic E-state index is 12.2. The Labute approximate surface area is 97.5 Å². The summed E-state index contributed by atoms with van der Waals surface area (Å²) < 4.78 is 28.8. The zero-order valence-corrected chi connectivity index (χ0v) is 9.31. The molecule has 1 N–H and O–H groups in total. The van der Waals surface area contributed by atoms with E-state index in [2.05, 4.69) is 10.1 Å². The van der Waals surface area contributed by atoms with E-state index in [1.165, 1.54) is 6.07 Å². The lowest BCUT2D eigenvalue weighted by molar-refractivity contribution is -0.0505. The van der Waals surface area contributed by atoms with Crippen molar-refractivity contribution < 1.29 is 13.5 Å². The van der Waals surface area contributed by atoms with Crippen molar-refractivity contribution in [2.75, 3.05) is 13.1 Å². The molecule has 1 aliphatic rings. The normalized spacial score (nSPS) is 16.2. The summed E-state index contributed by atoms with van der Waals surface area (Å²) in [6.07, 6.45) is 0.718. The average molecular weight is 248 g/mol. The van der Waals surface area contributed by atoms with Crippen molar-refractivity contribution in [2.45, 2.75) is 13.0 Å². The van der Waals surface area contributed by atoms with Gasteiger partial charge in [0.25, 0.3) is 0 Å². The number of hydrogen-bond donors (Lipinski definition) is 1. The van der Waals surface area contributed by atoms with Crippen LogP contribution >= 0.6 is 11.6 Å². The molecule has 2 rings (SSSR count). The lowest BCUT2D eigenvalue weighted by Gasteiger charge is -2.27. The minimum Gasteiger partial charge on any atom is -0.435 e. The summed E-state index contributed by atoms with van der Waals surface area (Å²) in [5.41, 5.74) is 0.749. The molecule has 0 aliphatic carbocycles. The topological polar surface area (TPSA) is 21.3 Å². The van der Waals surface area contributed by atoms with Crippen LogP contribution in [0.15, 0.2) is 18.2 Å². The van der Waals surface area contributed by atoms with E-state index in [9.17, 15) is 8.78 Å². The van der Waals surface area contributed by atoms with Crippen molar-refractivity contribution in [1.82, 2.24) is 5.32 Å². The summed E-state index contributed by atoms with van der Waals surface area (Å²) in [4.78, 5) is 0. The molecule has 16 heavy (non-hydrogen) atoms. The number of benzene rings is 1. The molecule has 1 fully saturated rings. The van der Waals surface area contributed by atoms with Crippen molar-refractivity contribution in [3.8, 4) is 5.75 Å². The fourth-order valence-corrected chi connectivity index (χ4v) is 1.92. The van der Waals surface area contributed by atoms with Gasteiger partial charge in [-0.15, -0.1) is 0 Å². The molecule has 0 unspecified atom stereocenters. The van der Waals surface area contributed by atoms with Crippen LogP contribution in [0.1, 0.15) is 5.56 Å². The molecular formula is C11H12ClF2NO. The van der Waals surface area contributed by atoms with Crippen molar-refractivity contribution in [1.29, 1.82) is 0 Å². The Bertz CT molecular complexity index is 369.